The number of rotatable bonds is 7. The van der Waals surface area contributed by atoms with Crippen LogP contribution in [-0.2, 0) is 6.42 Å². The quantitative estimate of drug-likeness (QED) is 0.688. The highest BCUT2D eigenvalue weighted by Crippen LogP contribution is 2.21. The van der Waals surface area contributed by atoms with Crippen molar-refractivity contribution in [3.63, 3.8) is 0 Å². The molecule has 1 aliphatic heterocycles. The summed E-state index contributed by atoms with van der Waals surface area (Å²) in [7, 11) is 0. The molecule has 2 aliphatic rings. The van der Waals surface area contributed by atoms with E-state index in [0.29, 0.717) is 11.9 Å². The van der Waals surface area contributed by atoms with Crippen molar-refractivity contribution in [3.8, 4) is 11.6 Å². The van der Waals surface area contributed by atoms with Crippen LogP contribution < -0.4 is 15.4 Å². The van der Waals surface area contributed by atoms with Crippen LogP contribution in [0.4, 0.5) is 0 Å². The highest BCUT2D eigenvalue weighted by molar-refractivity contribution is 5.99. The second-order valence-corrected chi connectivity index (χ2v) is 7.51. The third kappa shape index (κ3) is 5.09. The minimum absolute atomic E-state index is 0.132. The van der Waals surface area contributed by atoms with Gasteiger partial charge in [-0.25, -0.2) is 4.98 Å². The Bertz CT molecular complexity index is 789. The molecule has 6 heteroatoms. The molecule has 1 aliphatic carbocycles. The van der Waals surface area contributed by atoms with Gasteiger partial charge in [-0.05, 0) is 62.4 Å². The average molecular weight is 380 g/mol. The number of aliphatic hydroxyl groups excluding tert-OH is 1. The van der Waals surface area contributed by atoms with Crippen LogP contribution in [0, 0.1) is 0 Å². The Morgan fingerprint density at radius 3 is 2.75 bits per heavy atom. The molecule has 3 N–H and O–H groups in total. The summed E-state index contributed by atoms with van der Waals surface area (Å²) in [6, 6.07) is 12.5. The predicted molar refractivity (Wildman–Crippen MR) is 110 cm³/mol. The molecule has 0 saturated heterocycles. The number of ether oxygens (including phenoxy) is 1. The van der Waals surface area contributed by atoms with Gasteiger partial charge in [0, 0.05) is 30.4 Å². The van der Waals surface area contributed by atoms with Gasteiger partial charge in [0.25, 0.3) is 0 Å². The maximum absolute atomic E-state index is 9.75. The van der Waals surface area contributed by atoms with Crippen LogP contribution >= 0.6 is 0 Å². The standard InChI is InChI=1S/C22H28N4O2/c27-19-3-1-2-18(14-19)23-11-10-16-4-7-20(8-5-16)28-21-9-6-17(15-26-21)22-24-12-13-25-22/h4-9,15,18-19,23,27H,1-3,10-14H2,(H,24,25). The van der Waals surface area contributed by atoms with E-state index in [1.807, 2.05) is 24.3 Å². The zero-order valence-corrected chi connectivity index (χ0v) is 16.1. The van der Waals surface area contributed by atoms with Gasteiger partial charge in [-0.15, -0.1) is 0 Å². The van der Waals surface area contributed by atoms with E-state index in [9.17, 15) is 5.11 Å². The third-order valence-corrected chi connectivity index (χ3v) is 5.32. The van der Waals surface area contributed by atoms with Gasteiger partial charge >= 0.3 is 0 Å². The van der Waals surface area contributed by atoms with Gasteiger partial charge in [0.1, 0.15) is 11.6 Å². The Kier molecular flexibility index (Phi) is 6.19. The summed E-state index contributed by atoms with van der Waals surface area (Å²) in [6.07, 6.45) is 6.73. The van der Waals surface area contributed by atoms with Crippen molar-refractivity contribution in [2.45, 2.75) is 44.2 Å². The fraction of sp³-hybridized carbons (Fsp3) is 0.455. The topological polar surface area (TPSA) is 78.8 Å². The molecule has 4 rings (SSSR count). The number of hydrogen-bond donors (Lipinski definition) is 3. The molecule has 0 radical (unpaired) electrons. The first kappa shape index (κ1) is 18.9. The molecule has 2 heterocycles. The van der Waals surface area contributed by atoms with Crippen LogP contribution in [-0.4, -0.2) is 47.7 Å². The van der Waals surface area contributed by atoms with Gasteiger partial charge in [0.2, 0.25) is 5.88 Å². The SMILES string of the molecule is OC1CCCC(NCCc2ccc(Oc3ccc(C4=NCCN4)cn3)cc2)C1. The molecule has 1 fully saturated rings. The van der Waals surface area contributed by atoms with Crippen LogP contribution in [0.15, 0.2) is 47.6 Å². The zero-order chi connectivity index (χ0) is 19.2. The van der Waals surface area contributed by atoms with E-state index in [1.54, 1.807) is 6.20 Å². The van der Waals surface area contributed by atoms with Gasteiger partial charge in [0.15, 0.2) is 0 Å². The molecule has 0 spiro atoms. The fourth-order valence-electron chi connectivity index (χ4n) is 3.79. The van der Waals surface area contributed by atoms with Gasteiger partial charge in [-0.1, -0.05) is 12.1 Å². The maximum Gasteiger partial charge on any atom is 0.219 e. The molecule has 2 unspecified atom stereocenters. The molecule has 148 valence electrons. The zero-order valence-electron chi connectivity index (χ0n) is 16.1. The Morgan fingerprint density at radius 1 is 1.14 bits per heavy atom. The van der Waals surface area contributed by atoms with Crippen LogP contribution in [0.3, 0.4) is 0 Å². The van der Waals surface area contributed by atoms with Crippen molar-refractivity contribution in [2.75, 3.05) is 19.6 Å². The van der Waals surface area contributed by atoms with Crippen molar-refractivity contribution >= 4 is 5.84 Å². The summed E-state index contributed by atoms with van der Waals surface area (Å²) in [5, 5.41) is 16.6. The third-order valence-electron chi connectivity index (χ3n) is 5.32. The minimum atomic E-state index is -0.132. The Labute approximate surface area is 166 Å². The lowest BCUT2D eigenvalue weighted by atomic mass is 9.93. The van der Waals surface area contributed by atoms with Crippen molar-refractivity contribution in [3.05, 3.63) is 53.7 Å². The van der Waals surface area contributed by atoms with Gasteiger partial charge in [-0.3, -0.25) is 4.99 Å². The lowest BCUT2D eigenvalue weighted by Gasteiger charge is -2.26. The molecular formula is C22H28N4O2. The molecule has 1 aromatic heterocycles. The summed E-state index contributed by atoms with van der Waals surface area (Å²) >= 11 is 0. The normalized spacial score (nSPS) is 21.8. The number of aliphatic hydroxyl groups is 1. The van der Waals surface area contributed by atoms with E-state index in [4.69, 9.17) is 4.74 Å². The van der Waals surface area contributed by atoms with E-state index in [1.165, 1.54) is 12.0 Å². The van der Waals surface area contributed by atoms with Gasteiger partial charge in [0.05, 0.1) is 12.6 Å². The van der Waals surface area contributed by atoms with Gasteiger partial charge < -0.3 is 20.5 Å². The second-order valence-electron chi connectivity index (χ2n) is 7.51. The maximum atomic E-state index is 9.75. The smallest absolute Gasteiger partial charge is 0.219 e. The summed E-state index contributed by atoms with van der Waals surface area (Å²) in [4.78, 5) is 8.77. The molecule has 0 amide bonds. The molecule has 6 nitrogen and oxygen atoms in total. The molecule has 0 bridgehead atoms. The van der Waals surface area contributed by atoms with E-state index in [2.05, 4.69) is 32.7 Å². The van der Waals surface area contributed by atoms with Crippen molar-refractivity contribution in [1.82, 2.24) is 15.6 Å². The number of hydrogen-bond acceptors (Lipinski definition) is 6. The number of pyridine rings is 1. The average Bonchev–Trinajstić information content (AvgIpc) is 3.25. The number of nitrogens with one attached hydrogen (secondary N) is 2. The van der Waals surface area contributed by atoms with Gasteiger partial charge in [-0.2, -0.15) is 0 Å². The van der Waals surface area contributed by atoms with E-state index in [-0.39, 0.29) is 6.10 Å². The molecule has 2 atom stereocenters. The minimum Gasteiger partial charge on any atom is -0.439 e. The number of aromatic nitrogens is 1. The lowest BCUT2D eigenvalue weighted by Crippen LogP contribution is -2.37. The van der Waals surface area contributed by atoms with E-state index < -0.39 is 0 Å². The largest absolute Gasteiger partial charge is 0.439 e. The highest BCUT2D eigenvalue weighted by Gasteiger charge is 2.19. The highest BCUT2D eigenvalue weighted by atomic mass is 16.5. The van der Waals surface area contributed by atoms with Crippen LogP contribution in [0.1, 0.15) is 36.8 Å². The summed E-state index contributed by atoms with van der Waals surface area (Å²) in [5.41, 5.74) is 2.25. The number of nitrogens with zero attached hydrogens (tertiary/aromatic N) is 2. The number of benzene rings is 1. The molecule has 28 heavy (non-hydrogen) atoms. The summed E-state index contributed by atoms with van der Waals surface area (Å²) in [5.74, 6) is 2.26. The number of amidine groups is 1. The summed E-state index contributed by atoms with van der Waals surface area (Å²) < 4.78 is 5.85. The van der Waals surface area contributed by atoms with Crippen molar-refractivity contribution in [2.24, 2.45) is 4.99 Å². The fourth-order valence-corrected chi connectivity index (χ4v) is 3.79. The van der Waals surface area contributed by atoms with Crippen LogP contribution in [0.5, 0.6) is 11.6 Å². The molecule has 1 aromatic carbocycles. The Hall–Kier alpha value is -2.44. The number of aliphatic imine (C=N–C) groups is 1. The molecule has 2 aromatic rings. The van der Waals surface area contributed by atoms with Crippen molar-refractivity contribution in [1.29, 1.82) is 0 Å². The summed E-state index contributed by atoms with van der Waals surface area (Å²) in [6.45, 7) is 2.63. The first-order valence-corrected chi connectivity index (χ1v) is 10.2. The lowest BCUT2D eigenvalue weighted by molar-refractivity contribution is 0.112. The van der Waals surface area contributed by atoms with E-state index in [0.717, 1.165) is 62.5 Å². The van der Waals surface area contributed by atoms with E-state index >= 15 is 0 Å². The first-order chi connectivity index (χ1) is 13.8. The van der Waals surface area contributed by atoms with Crippen LogP contribution in [0.2, 0.25) is 0 Å². The second kappa shape index (κ2) is 9.17. The monoisotopic (exact) mass is 380 g/mol. The van der Waals surface area contributed by atoms with Crippen LogP contribution in [0.25, 0.3) is 0 Å². The molecular weight excluding hydrogens is 352 g/mol. The predicted octanol–water partition coefficient (Wildman–Crippen LogP) is 2.66. The van der Waals surface area contributed by atoms with Crippen molar-refractivity contribution < 1.29 is 9.84 Å². The molecule has 1 saturated carbocycles. The Morgan fingerprint density at radius 2 is 2.04 bits per heavy atom. The first-order valence-electron chi connectivity index (χ1n) is 10.2. The Balaban J connectivity index is 1.25.